The third-order valence-electron chi connectivity index (χ3n) is 6.91. The summed E-state index contributed by atoms with van der Waals surface area (Å²) in [5.41, 5.74) is 2.57. The summed E-state index contributed by atoms with van der Waals surface area (Å²) >= 11 is 0. The van der Waals surface area contributed by atoms with E-state index in [0.29, 0.717) is 29.3 Å². The van der Waals surface area contributed by atoms with Crippen LogP contribution in [0, 0.1) is 25.7 Å². The highest BCUT2D eigenvalue weighted by Crippen LogP contribution is 2.47. The number of furan rings is 1. The van der Waals surface area contributed by atoms with Crippen LogP contribution in [-0.2, 0) is 10.0 Å². The second-order valence-electron chi connectivity index (χ2n) is 8.70. The summed E-state index contributed by atoms with van der Waals surface area (Å²) in [6.07, 6.45) is 4.22. The lowest BCUT2D eigenvalue weighted by molar-refractivity contribution is 0.267. The number of nitrogens with one attached hydrogen (secondary N) is 1. The van der Waals surface area contributed by atoms with E-state index < -0.39 is 10.0 Å². The summed E-state index contributed by atoms with van der Waals surface area (Å²) in [7, 11) is 2.30. The Kier molecular flexibility index (Phi) is 4.92. The second kappa shape index (κ2) is 7.00. The Morgan fingerprint density at radius 1 is 1.04 bits per heavy atom. The molecule has 0 aromatic carbocycles. The van der Waals surface area contributed by atoms with Gasteiger partial charge < -0.3 is 9.32 Å². The molecule has 2 aromatic rings. The fourth-order valence-corrected chi connectivity index (χ4v) is 6.20. The van der Waals surface area contributed by atoms with Gasteiger partial charge in [-0.2, -0.15) is 9.40 Å². The molecule has 2 heterocycles. The zero-order valence-electron chi connectivity index (χ0n) is 17.3. The highest BCUT2D eigenvalue weighted by Gasteiger charge is 2.45. The van der Waals surface area contributed by atoms with Crippen LogP contribution in [0.1, 0.15) is 36.9 Å². The number of fused-ring (bicyclic) bond motifs is 1. The van der Waals surface area contributed by atoms with Gasteiger partial charge in [-0.1, -0.05) is 0 Å². The SMILES string of the molecule is Cc1[nH]nc(-c2ccc(S(=O)(=O)N(C)C3C[C@H]4CC(N(C)C)C[C@H]4C3)o2)c1C. The molecule has 28 heavy (non-hydrogen) atoms. The number of hydrogen-bond donors (Lipinski definition) is 1. The molecule has 1 N–H and O–H groups in total. The van der Waals surface area contributed by atoms with Crippen LogP contribution >= 0.6 is 0 Å². The molecule has 2 fully saturated rings. The molecule has 0 radical (unpaired) electrons. The van der Waals surface area contributed by atoms with Crippen LogP contribution in [0.15, 0.2) is 21.6 Å². The first-order chi connectivity index (χ1) is 13.2. The van der Waals surface area contributed by atoms with E-state index in [1.54, 1.807) is 19.2 Å². The van der Waals surface area contributed by atoms with Crippen molar-refractivity contribution in [1.82, 2.24) is 19.4 Å². The van der Waals surface area contributed by atoms with Crippen molar-refractivity contribution in [1.29, 1.82) is 0 Å². The molecule has 0 spiro atoms. The van der Waals surface area contributed by atoms with Crippen LogP contribution in [0.3, 0.4) is 0 Å². The van der Waals surface area contributed by atoms with Crippen molar-refractivity contribution in [2.75, 3.05) is 21.1 Å². The third-order valence-corrected chi connectivity index (χ3v) is 8.70. The normalized spacial score (nSPS) is 27.8. The Balaban J connectivity index is 1.50. The Hall–Kier alpha value is -1.64. The minimum atomic E-state index is -3.66. The van der Waals surface area contributed by atoms with Gasteiger partial charge in [-0.25, -0.2) is 8.42 Å². The van der Waals surface area contributed by atoms with E-state index in [9.17, 15) is 8.42 Å². The van der Waals surface area contributed by atoms with Crippen molar-refractivity contribution in [3.63, 3.8) is 0 Å². The summed E-state index contributed by atoms with van der Waals surface area (Å²) in [5, 5.41) is 7.14. The van der Waals surface area contributed by atoms with Gasteiger partial charge >= 0.3 is 0 Å². The van der Waals surface area contributed by atoms with Gasteiger partial charge in [-0.3, -0.25) is 5.10 Å². The van der Waals surface area contributed by atoms with E-state index in [2.05, 4.69) is 29.2 Å². The molecule has 0 bridgehead atoms. The summed E-state index contributed by atoms with van der Waals surface area (Å²) < 4.78 is 33.5. The Bertz CT molecular complexity index is 948. The van der Waals surface area contributed by atoms with Crippen LogP contribution in [0.4, 0.5) is 0 Å². The lowest BCUT2D eigenvalue weighted by Crippen LogP contribution is -2.36. The molecule has 0 aliphatic heterocycles. The fraction of sp³-hybridized carbons (Fsp3) is 0.650. The quantitative estimate of drug-likeness (QED) is 0.825. The van der Waals surface area contributed by atoms with Gasteiger partial charge in [0.05, 0.1) is 0 Å². The maximum Gasteiger partial charge on any atom is 0.276 e. The van der Waals surface area contributed by atoms with Crippen LogP contribution in [0.5, 0.6) is 0 Å². The maximum absolute atomic E-state index is 13.1. The minimum Gasteiger partial charge on any atom is -0.442 e. The maximum atomic E-state index is 13.1. The van der Waals surface area contributed by atoms with Crippen molar-refractivity contribution < 1.29 is 12.8 Å². The molecule has 4 rings (SSSR count). The number of sulfonamides is 1. The summed E-state index contributed by atoms with van der Waals surface area (Å²) in [6.45, 7) is 3.87. The predicted octanol–water partition coefficient (Wildman–Crippen LogP) is 3.03. The first-order valence-corrected chi connectivity index (χ1v) is 11.4. The largest absolute Gasteiger partial charge is 0.442 e. The lowest BCUT2D eigenvalue weighted by Gasteiger charge is -2.25. The number of aromatic amines is 1. The number of H-pyrrole nitrogens is 1. The lowest BCUT2D eigenvalue weighted by atomic mass is 10.0. The molecule has 2 aliphatic carbocycles. The van der Waals surface area contributed by atoms with E-state index in [0.717, 1.165) is 24.1 Å². The van der Waals surface area contributed by atoms with Crippen LogP contribution in [0.2, 0.25) is 0 Å². The van der Waals surface area contributed by atoms with E-state index in [1.807, 2.05) is 13.8 Å². The second-order valence-corrected chi connectivity index (χ2v) is 10.6. The molecule has 2 unspecified atom stereocenters. The average Bonchev–Trinajstić information content (AvgIpc) is 3.38. The number of aryl methyl sites for hydroxylation is 1. The Morgan fingerprint density at radius 2 is 1.64 bits per heavy atom. The van der Waals surface area contributed by atoms with Gasteiger partial charge in [0, 0.05) is 30.4 Å². The smallest absolute Gasteiger partial charge is 0.276 e. The summed E-state index contributed by atoms with van der Waals surface area (Å²) in [4.78, 5) is 2.30. The first-order valence-electron chi connectivity index (χ1n) is 9.94. The zero-order valence-corrected chi connectivity index (χ0v) is 18.1. The molecular weight excluding hydrogens is 376 g/mol. The monoisotopic (exact) mass is 406 g/mol. The number of aromatic nitrogens is 2. The van der Waals surface area contributed by atoms with Crippen molar-refractivity contribution in [3.05, 3.63) is 23.4 Å². The van der Waals surface area contributed by atoms with Crippen LogP contribution < -0.4 is 0 Å². The van der Waals surface area contributed by atoms with Crippen molar-refractivity contribution in [2.24, 2.45) is 11.8 Å². The first kappa shape index (κ1) is 19.7. The Labute approximate surface area is 167 Å². The van der Waals surface area contributed by atoms with Gasteiger partial charge in [0.25, 0.3) is 10.0 Å². The van der Waals surface area contributed by atoms with E-state index in [4.69, 9.17) is 4.42 Å². The van der Waals surface area contributed by atoms with E-state index in [1.165, 1.54) is 17.1 Å². The molecule has 2 aliphatic rings. The number of hydrogen-bond acceptors (Lipinski definition) is 5. The molecule has 0 amide bonds. The summed E-state index contributed by atoms with van der Waals surface area (Å²) in [6, 6.07) is 3.91. The minimum absolute atomic E-state index is 0.00622. The predicted molar refractivity (Wildman–Crippen MR) is 107 cm³/mol. The van der Waals surface area contributed by atoms with E-state index >= 15 is 0 Å². The van der Waals surface area contributed by atoms with Crippen molar-refractivity contribution in [3.8, 4) is 11.5 Å². The van der Waals surface area contributed by atoms with Crippen molar-refractivity contribution >= 4 is 10.0 Å². The van der Waals surface area contributed by atoms with Gasteiger partial charge in [0.2, 0.25) is 5.09 Å². The van der Waals surface area contributed by atoms with Gasteiger partial charge in [0.1, 0.15) is 5.69 Å². The third kappa shape index (κ3) is 3.21. The molecule has 7 nitrogen and oxygen atoms in total. The van der Waals surface area contributed by atoms with Crippen molar-refractivity contribution in [2.45, 2.75) is 56.7 Å². The molecule has 154 valence electrons. The average molecular weight is 407 g/mol. The molecule has 2 saturated carbocycles. The summed E-state index contributed by atoms with van der Waals surface area (Å²) in [5.74, 6) is 1.72. The van der Waals surface area contributed by atoms with Crippen LogP contribution in [-0.4, -0.2) is 61.0 Å². The van der Waals surface area contributed by atoms with E-state index in [-0.39, 0.29) is 11.1 Å². The number of nitrogens with zero attached hydrogens (tertiary/aromatic N) is 3. The Morgan fingerprint density at radius 3 is 2.18 bits per heavy atom. The molecule has 0 saturated heterocycles. The molecule has 2 aromatic heterocycles. The molecule has 4 atom stereocenters. The van der Waals surface area contributed by atoms with Gasteiger partial charge in [0.15, 0.2) is 5.76 Å². The fourth-order valence-electron chi connectivity index (χ4n) is 4.92. The number of rotatable bonds is 5. The van der Waals surface area contributed by atoms with Gasteiger partial charge in [-0.15, -0.1) is 0 Å². The van der Waals surface area contributed by atoms with Gasteiger partial charge in [-0.05, 0) is 77.6 Å². The highest BCUT2D eigenvalue weighted by atomic mass is 32.2. The molecular formula is C20H30N4O3S. The molecule has 8 heteroatoms. The topological polar surface area (TPSA) is 82.4 Å². The van der Waals surface area contributed by atoms with Crippen LogP contribution in [0.25, 0.3) is 11.5 Å². The highest BCUT2D eigenvalue weighted by molar-refractivity contribution is 7.89. The zero-order chi connectivity index (χ0) is 20.2. The standard InChI is InChI=1S/C20H30N4O3S/c1-12-13(2)21-22-20(12)18-6-7-19(27-18)28(25,26)24(5)17-10-14-8-16(23(3)4)9-15(14)11-17/h6-7,14-17H,8-11H2,1-5H3,(H,21,22)/t14-,15+,16?,17?.